The second-order valence-electron chi connectivity index (χ2n) is 7.36. The molecule has 0 bridgehead atoms. The van der Waals surface area contributed by atoms with E-state index < -0.39 is 42.6 Å². The first-order chi connectivity index (χ1) is 11.4. The normalized spacial score (nSPS) is 16.3. The highest BCUT2D eigenvalue weighted by Gasteiger charge is 2.51. The predicted molar refractivity (Wildman–Crippen MR) is 92.9 cm³/mol. The summed E-state index contributed by atoms with van der Waals surface area (Å²) in [5.74, 6) is -0.505. The third-order valence-corrected chi connectivity index (χ3v) is 9.71. The summed E-state index contributed by atoms with van der Waals surface area (Å²) in [6.07, 6.45) is -11.6. The number of ether oxygens (including phenoxy) is 1. The summed E-state index contributed by atoms with van der Waals surface area (Å²) in [4.78, 5) is -1.27. The van der Waals surface area contributed by atoms with E-state index in [-0.39, 0.29) is 5.56 Å². The molecule has 0 N–H and O–H groups in total. The van der Waals surface area contributed by atoms with Crippen molar-refractivity contribution in [1.29, 1.82) is 0 Å². The third kappa shape index (κ3) is 6.45. The molecule has 0 saturated heterocycles. The minimum absolute atomic E-state index is 0.139. The minimum Gasteiger partial charge on any atom is -0.406 e. The van der Waals surface area contributed by atoms with Crippen LogP contribution in [0.2, 0.25) is 18.1 Å². The lowest BCUT2D eigenvalue weighted by molar-refractivity contribution is -0.274. The van der Waals surface area contributed by atoms with Crippen LogP contribution in [0.15, 0.2) is 24.3 Å². The zero-order valence-electron chi connectivity index (χ0n) is 14.9. The van der Waals surface area contributed by atoms with Gasteiger partial charge in [0.05, 0.1) is 4.83 Å². The van der Waals surface area contributed by atoms with Crippen LogP contribution in [0.5, 0.6) is 5.75 Å². The fourth-order valence-corrected chi connectivity index (χ4v) is 3.98. The van der Waals surface area contributed by atoms with Crippen LogP contribution < -0.4 is 4.74 Å². The Balaban J connectivity index is 3.09. The Bertz CT molecular complexity index is 593. The third-order valence-electron chi connectivity index (χ3n) is 4.25. The Labute approximate surface area is 158 Å². The van der Waals surface area contributed by atoms with E-state index >= 15 is 0 Å². The first-order valence-corrected chi connectivity index (χ1v) is 11.5. The first-order valence-electron chi connectivity index (χ1n) is 7.68. The van der Waals surface area contributed by atoms with Gasteiger partial charge in [-0.05, 0) is 35.8 Å². The molecule has 0 fully saturated rings. The highest BCUT2D eigenvalue weighted by atomic mass is 79.9. The summed E-state index contributed by atoms with van der Waals surface area (Å²) in [7, 11) is -2.74. The van der Waals surface area contributed by atoms with Crippen molar-refractivity contribution in [2.45, 2.75) is 62.4 Å². The largest absolute Gasteiger partial charge is 0.573 e. The number of benzene rings is 1. The molecular weight excluding hydrogens is 446 g/mol. The highest BCUT2D eigenvalue weighted by molar-refractivity contribution is 9.09. The number of hydrogen-bond acceptors (Lipinski definition) is 2. The van der Waals surface area contributed by atoms with E-state index in [1.165, 1.54) is 0 Å². The molecule has 1 aromatic carbocycles. The van der Waals surface area contributed by atoms with E-state index in [4.69, 9.17) is 4.43 Å². The van der Waals surface area contributed by atoms with Crippen LogP contribution in [-0.4, -0.2) is 27.0 Å². The SMILES string of the molecule is CC(C)(C)[Si](C)(C)OC(C(Br)c1ccc(OC(F)(F)F)cc1)C(F)(F)F. The van der Waals surface area contributed by atoms with Gasteiger partial charge in [0, 0.05) is 0 Å². The Kier molecular flexibility index (Phi) is 6.91. The number of halogens is 7. The molecule has 0 spiro atoms. The molecule has 0 aliphatic heterocycles. The van der Waals surface area contributed by atoms with Gasteiger partial charge in [0.1, 0.15) is 5.75 Å². The van der Waals surface area contributed by atoms with Gasteiger partial charge in [0.25, 0.3) is 0 Å². The molecule has 0 aliphatic rings. The number of alkyl halides is 7. The van der Waals surface area contributed by atoms with E-state index in [0.717, 1.165) is 24.3 Å². The predicted octanol–water partition coefficient (Wildman–Crippen LogP) is 6.97. The zero-order valence-corrected chi connectivity index (χ0v) is 17.5. The van der Waals surface area contributed by atoms with E-state index in [0.29, 0.717) is 0 Å². The average Bonchev–Trinajstić information content (AvgIpc) is 2.41. The van der Waals surface area contributed by atoms with Crippen LogP contribution in [-0.2, 0) is 4.43 Å². The molecule has 2 unspecified atom stereocenters. The van der Waals surface area contributed by atoms with Gasteiger partial charge in [0.15, 0.2) is 14.4 Å². The van der Waals surface area contributed by atoms with Crippen molar-refractivity contribution in [2.75, 3.05) is 0 Å². The van der Waals surface area contributed by atoms with Gasteiger partial charge < -0.3 is 9.16 Å². The van der Waals surface area contributed by atoms with Gasteiger partial charge in [-0.1, -0.05) is 48.8 Å². The van der Waals surface area contributed by atoms with Crippen LogP contribution >= 0.6 is 15.9 Å². The molecule has 10 heteroatoms. The van der Waals surface area contributed by atoms with E-state index in [1.807, 2.05) is 20.8 Å². The average molecular weight is 467 g/mol. The molecule has 0 heterocycles. The van der Waals surface area contributed by atoms with E-state index in [9.17, 15) is 26.3 Å². The van der Waals surface area contributed by atoms with Crippen LogP contribution in [0, 0.1) is 0 Å². The fraction of sp³-hybridized carbons (Fsp3) is 0.625. The summed E-state index contributed by atoms with van der Waals surface area (Å²) in [6, 6.07) is 4.23. The minimum atomic E-state index is -4.87. The van der Waals surface area contributed by atoms with Gasteiger partial charge in [-0.2, -0.15) is 13.2 Å². The first kappa shape index (κ1) is 23.3. The molecule has 0 amide bonds. The fourth-order valence-electron chi connectivity index (χ4n) is 1.81. The van der Waals surface area contributed by atoms with Gasteiger partial charge in [-0.15, -0.1) is 13.2 Å². The summed E-state index contributed by atoms with van der Waals surface area (Å²) < 4.78 is 86.5. The lowest BCUT2D eigenvalue weighted by atomic mass is 10.1. The molecule has 1 rings (SSSR count). The Morgan fingerprint density at radius 3 is 1.73 bits per heavy atom. The van der Waals surface area contributed by atoms with Crippen LogP contribution in [0.4, 0.5) is 26.3 Å². The zero-order chi connectivity index (χ0) is 20.6. The monoisotopic (exact) mass is 466 g/mol. The van der Waals surface area contributed by atoms with Crippen molar-refractivity contribution in [2.24, 2.45) is 0 Å². The summed E-state index contributed by atoms with van der Waals surface area (Å²) in [6.45, 7) is 8.86. The molecule has 1 aromatic rings. The lowest BCUT2D eigenvalue weighted by Crippen LogP contribution is -2.49. The van der Waals surface area contributed by atoms with Crippen molar-refractivity contribution in [3.8, 4) is 5.75 Å². The molecule has 0 aliphatic carbocycles. The molecule has 150 valence electrons. The molecule has 26 heavy (non-hydrogen) atoms. The Morgan fingerprint density at radius 1 is 0.923 bits per heavy atom. The summed E-state index contributed by atoms with van der Waals surface area (Å²) in [5.41, 5.74) is 0.139. The molecular formula is C16H21BrF6O2Si. The molecule has 0 saturated carbocycles. The second-order valence-corrected chi connectivity index (χ2v) is 13.1. The lowest BCUT2D eigenvalue weighted by Gasteiger charge is -2.41. The maximum absolute atomic E-state index is 13.6. The summed E-state index contributed by atoms with van der Waals surface area (Å²) >= 11 is 3.01. The van der Waals surface area contributed by atoms with Crippen molar-refractivity contribution in [3.63, 3.8) is 0 Å². The second kappa shape index (κ2) is 7.71. The molecule has 0 radical (unpaired) electrons. The Morgan fingerprint density at radius 2 is 1.38 bits per heavy atom. The van der Waals surface area contributed by atoms with E-state index in [2.05, 4.69) is 20.7 Å². The summed E-state index contributed by atoms with van der Waals surface area (Å²) in [5, 5.41) is -0.437. The van der Waals surface area contributed by atoms with E-state index in [1.54, 1.807) is 13.1 Å². The van der Waals surface area contributed by atoms with Gasteiger partial charge in [-0.3, -0.25) is 0 Å². The van der Waals surface area contributed by atoms with Gasteiger partial charge >= 0.3 is 12.5 Å². The van der Waals surface area contributed by atoms with Gasteiger partial charge in [-0.25, -0.2) is 0 Å². The van der Waals surface area contributed by atoms with Gasteiger partial charge in [0.2, 0.25) is 0 Å². The Hall–Kier alpha value is -0.743. The molecule has 2 nitrogen and oxygen atoms in total. The molecule has 2 atom stereocenters. The van der Waals surface area contributed by atoms with Crippen molar-refractivity contribution < 1.29 is 35.5 Å². The smallest absolute Gasteiger partial charge is 0.406 e. The quantitative estimate of drug-likeness (QED) is 0.265. The topological polar surface area (TPSA) is 18.5 Å². The maximum Gasteiger partial charge on any atom is 0.573 e. The van der Waals surface area contributed by atoms with Crippen molar-refractivity contribution in [3.05, 3.63) is 29.8 Å². The maximum atomic E-state index is 13.6. The standard InChI is InChI=1S/C16H21BrF6O2Si/c1-14(2,3)26(4,5)25-13(15(18,19)20)12(17)10-6-8-11(9-7-10)24-16(21,22)23/h6-9,12-13H,1-5H3. The van der Waals surface area contributed by atoms with Crippen molar-refractivity contribution in [1.82, 2.24) is 0 Å². The van der Waals surface area contributed by atoms with Crippen LogP contribution in [0.25, 0.3) is 0 Å². The number of hydrogen-bond donors (Lipinski definition) is 0. The van der Waals surface area contributed by atoms with Crippen LogP contribution in [0.3, 0.4) is 0 Å². The van der Waals surface area contributed by atoms with Crippen LogP contribution in [0.1, 0.15) is 31.2 Å². The van der Waals surface area contributed by atoms with Crippen molar-refractivity contribution >= 4 is 24.2 Å². The molecule has 0 aromatic heterocycles. The highest BCUT2D eigenvalue weighted by Crippen LogP contribution is 2.45. The number of rotatable bonds is 5.